The van der Waals surface area contributed by atoms with Gasteiger partial charge in [0.25, 0.3) is 5.91 Å². The van der Waals surface area contributed by atoms with Crippen molar-refractivity contribution < 1.29 is 19.1 Å². The number of primary amides is 1. The average molecular weight is 327 g/mol. The monoisotopic (exact) mass is 326 g/mol. The zero-order valence-corrected chi connectivity index (χ0v) is 13.2. The van der Waals surface area contributed by atoms with Gasteiger partial charge in [0.05, 0.1) is 12.5 Å². The van der Waals surface area contributed by atoms with E-state index in [4.69, 9.17) is 22.1 Å². The van der Waals surface area contributed by atoms with Crippen molar-refractivity contribution >= 4 is 29.4 Å². The van der Waals surface area contributed by atoms with Crippen LogP contribution < -0.4 is 11.1 Å². The summed E-state index contributed by atoms with van der Waals surface area (Å²) in [6.07, 6.45) is 0.0769. The first kappa shape index (κ1) is 18.0. The van der Waals surface area contributed by atoms with Crippen LogP contribution in [-0.2, 0) is 14.3 Å². The summed E-state index contributed by atoms with van der Waals surface area (Å²) in [5.41, 5.74) is 5.63. The highest BCUT2D eigenvalue weighted by atomic mass is 35.5. The molecule has 0 radical (unpaired) electrons. The predicted octanol–water partition coefficient (Wildman–Crippen LogP) is 1.51. The number of hydrogen-bond donors (Lipinski definition) is 2. The van der Waals surface area contributed by atoms with Crippen LogP contribution in [-0.4, -0.2) is 30.4 Å². The maximum atomic E-state index is 12.1. The summed E-state index contributed by atoms with van der Waals surface area (Å²) in [7, 11) is 0. The van der Waals surface area contributed by atoms with Gasteiger partial charge in [-0.3, -0.25) is 14.4 Å². The van der Waals surface area contributed by atoms with Crippen LogP contribution in [0.3, 0.4) is 0 Å². The molecule has 120 valence electrons. The molecule has 1 aromatic rings. The van der Waals surface area contributed by atoms with Gasteiger partial charge in [0, 0.05) is 10.6 Å². The SMILES string of the molecule is CCOC(=O)[C@H](C)C[C@H](NC(=O)c1ccc(Cl)cc1)C(N)=O. The average Bonchev–Trinajstić information content (AvgIpc) is 2.47. The highest BCUT2D eigenvalue weighted by Gasteiger charge is 2.25. The molecule has 0 bridgehead atoms. The molecule has 0 saturated heterocycles. The molecule has 0 saturated carbocycles. The van der Waals surface area contributed by atoms with Crippen LogP contribution in [0.25, 0.3) is 0 Å². The van der Waals surface area contributed by atoms with E-state index in [1.54, 1.807) is 26.0 Å². The number of nitrogens with two attached hydrogens (primary N) is 1. The van der Waals surface area contributed by atoms with Crippen LogP contribution in [0.1, 0.15) is 30.6 Å². The molecule has 0 aromatic heterocycles. The summed E-state index contributed by atoms with van der Waals surface area (Å²) in [5.74, 6) is -2.16. The molecule has 0 unspecified atom stereocenters. The molecule has 1 aromatic carbocycles. The van der Waals surface area contributed by atoms with Gasteiger partial charge in [-0.1, -0.05) is 18.5 Å². The Morgan fingerprint density at radius 2 is 1.86 bits per heavy atom. The first-order valence-electron chi connectivity index (χ1n) is 6.87. The Labute approximate surface area is 134 Å². The smallest absolute Gasteiger partial charge is 0.308 e. The number of rotatable bonds is 7. The van der Waals surface area contributed by atoms with Crippen molar-refractivity contribution in [2.75, 3.05) is 6.61 Å². The minimum Gasteiger partial charge on any atom is -0.466 e. The second kappa shape index (κ2) is 8.38. The maximum Gasteiger partial charge on any atom is 0.308 e. The molecule has 2 atom stereocenters. The fourth-order valence-electron chi connectivity index (χ4n) is 1.82. The Hall–Kier alpha value is -2.08. The Kier molecular flexibility index (Phi) is 6.85. The van der Waals surface area contributed by atoms with Crippen molar-refractivity contribution in [2.24, 2.45) is 11.7 Å². The molecule has 0 spiro atoms. The number of carbonyl (C=O) groups is 3. The van der Waals surface area contributed by atoms with Crippen LogP contribution >= 0.6 is 11.6 Å². The molecule has 0 aliphatic rings. The minimum atomic E-state index is -0.956. The molecule has 0 aliphatic carbocycles. The minimum absolute atomic E-state index is 0.0769. The van der Waals surface area contributed by atoms with Crippen molar-refractivity contribution in [3.8, 4) is 0 Å². The van der Waals surface area contributed by atoms with Crippen molar-refractivity contribution in [2.45, 2.75) is 26.3 Å². The summed E-state index contributed by atoms with van der Waals surface area (Å²) < 4.78 is 4.87. The summed E-state index contributed by atoms with van der Waals surface area (Å²) in [5, 5.41) is 3.01. The number of esters is 1. The van der Waals surface area contributed by atoms with E-state index in [2.05, 4.69) is 5.32 Å². The van der Waals surface area contributed by atoms with Gasteiger partial charge in [-0.2, -0.15) is 0 Å². The van der Waals surface area contributed by atoms with Crippen molar-refractivity contribution in [1.29, 1.82) is 0 Å². The Morgan fingerprint density at radius 3 is 2.36 bits per heavy atom. The lowest BCUT2D eigenvalue weighted by Gasteiger charge is -2.18. The number of ether oxygens (including phenoxy) is 1. The van der Waals surface area contributed by atoms with Gasteiger partial charge >= 0.3 is 5.97 Å². The normalized spacial score (nSPS) is 13.0. The lowest BCUT2D eigenvalue weighted by atomic mass is 10.0. The van der Waals surface area contributed by atoms with E-state index in [1.807, 2.05) is 0 Å². The molecule has 0 aliphatic heterocycles. The number of benzene rings is 1. The van der Waals surface area contributed by atoms with Crippen LogP contribution in [0, 0.1) is 5.92 Å². The number of halogens is 1. The molecule has 1 rings (SSSR count). The van der Waals surface area contributed by atoms with Crippen molar-refractivity contribution in [3.63, 3.8) is 0 Å². The van der Waals surface area contributed by atoms with Gasteiger partial charge in [0.1, 0.15) is 6.04 Å². The van der Waals surface area contributed by atoms with Gasteiger partial charge in [0.15, 0.2) is 0 Å². The molecule has 0 heterocycles. The lowest BCUT2D eigenvalue weighted by molar-refractivity contribution is -0.147. The number of amides is 2. The highest BCUT2D eigenvalue weighted by Crippen LogP contribution is 2.12. The van der Waals surface area contributed by atoms with Crippen LogP contribution in [0.4, 0.5) is 0 Å². The molecule has 22 heavy (non-hydrogen) atoms. The predicted molar refractivity (Wildman–Crippen MR) is 82.3 cm³/mol. The fraction of sp³-hybridized carbons (Fsp3) is 0.400. The number of hydrogen-bond acceptors (Lipinski definition) is 4. The highest BCUT2D eigenvalue weighted by molar-refractivity contribution is 6.30. The lowest BCUT2D eigenvalue weighted by Crippen LogP contribution is -2.46. The molecule has 6 nitrogen and oxygen atoms in total. The Morgan fingerprint density at radius 1 is 1.27 bits per heavy atom. The van der Waals surface area contributed by atoms with Crippen molar-refractivity contribution in [1.82, 2.24) is 5.32 Å². The van der Waals surface area contributed by atoms with Gasteiger partial charge in [-0.05, 0) is 37.6 Å². The maximum absolute atomic E-state index is 12.1. The molecule has 3 N–H and O–H groups in total. The second-order valence-electron chi connectivity index (χ2n) is 4.82. The van der Waals surface area contributed by atoms with E-state index >= 15 is 0 Å². The van der Waals surface area contributed by atoms with E-state index in [0.717, 1.165) is 0 Å². The standard InChI is InChI=1S/C15H19ClN2O4/c1-3-22-15(21)9(2)8-12(13(17)19)18-14(20)10-4-6-11(16)7-5-10/h4-7,9,12H,3,8H2,1-2H3,(H2,17,19)(H,18,20)/t9-,12+/m1/s1. The van der Waals surface area contributed by atoms with E-state index in [1.165, 1.54) is 12.1 Å². The van der Waals surface area contributed by atoms with E-state index in [-0.39, 0.29) is 13.0 Å². The van der Waals surface area contributed by atoms with E-state index in [9.17, 15) is 14.4 Å². The molecule has 2 amide bonds. The zero-order chi connectivity index (χ0) is 16.7. The molecule has 0 fully saturated rings. The third-order valence-electron chi connectivity index (χ3n) is 3.03. The van der Waals surface area contributed by atoms with Crippen molar-refractivity contribution in [3.05, 3.63) is 34.9 Å². The van der Waals surface area contributed by atoms with E-state index in [0.29, 0.717) is 10.6 Å². The largest absolute Gasteiger partial charge is 0.466 e. The first-order chi connectivity index (χ1) is 10.3. The third kappa shape index (κ3) is 5.37. The molecule has 7 heteroatoms. The topological polar surface area (TPSA) is 98.5 Å². The van der Waals surface area contributed by atoms with Gasteiger partial charge in [-0.25, -0.2) is 0 Å². The van der Waals surface area contributed by atoms with Crippen LogP contribution in [0.5, 0.6) is 0 Å². The summed E-state index contributed by atoms with van der Waals surface area (Å²) >= 11 is 5.75. The molecular weight excluding hydrogens is 308 g/mol. The quantitative estimate of drug-likeness (QED) is 0.742. The molecular formula is C15H19ClN2O4. The van der Waals surface area contributed by atoms with Gasteiger partial charge in [-0.15, -0.1) is 0 Å². The summed E-state index contributed by atoms with van der Waals surface area (Å²) in [4.78, 5) is 35.1. The first-order valence-corrected chi connectivity index (χ1v) is 7.25. The zero-order valence-electron chi connectivity index (χ0n) is 12.5. The van der Waals surface area contributed by atoms with Crippen LogP contribution in [0.15, 0.2) is 24.3 Å². The third-order valence-corrected chi connectivity index (χ3v) is 3.29. The Balaban J connectivity index is 2.71. The van der Waals surface area contributed by atoms with Gasteiger partial charge in [0.2, 0.25) is 5.91 Å². The number of carbonyl (C=O) groups excluding carboxylic acids is 3. The summed E-state index contributed by atoms with van der Waals surface area (Å²) in [6, 6.07) is 5.24. The summed E-state index contributed by atoms with van der Waals surface area (Å²) in [6.45, 7) is 3.56. The fourth-order valence-corrected chi connectivity index (χ4v) is 1.95. The van der Waals surface area contributed by atoms with Crippen LogP contribution in [0.2, 0.25) is 5.02 Å². The van der Waals surface area contributed by atoms with Gasteiger partial charge < -0.3 is 15.8 Å². The second-order valence-corrected chi connectivity index (χ2v) is 5.26. The number of nitrogens with one attached hydrogen (secondary N) is 1. The van der Waals surface area contributed by atoms with E-state index < -0.39 is 29.7 Å². The Bertz CT molecular complexity index is 545.